The zero-order chi connectivity index (χ0) is 14.5. The summed E-state index contributed by atoms with van der Waals surface area (Å²) in [5.41, 5.74) is -0.518. The number of hydrogen-bond donors (Lipinski definition) is 1. The van der Waals surface area contributed by atoms with E-state index in [1.54, 1.807) is 4.90 Å². The Morgan fingerprint density at radius 3 is 2.74 bits per heavy atom. The number of amides is 2. The maximum absolute atomic E-state index is 12.0. The van der Waals surface area contributed by atoms with Gasteiger partial charge in [-0.25, -0.2) is 4.79 Å². The lowest BCUT2D eigenvalue weighted by Crippen LogP contribution is -2.42. The summed E-state index contributed by atoms with van der Waals surface area (Å²) in [5.74, 6) is 2.22. The summed E-state index contributed by atoms with van der Waals surface area (Å²) in [6.45, 7) is 6.35. The molecule has 0 radical (unpaired) electrons. The van der Waals surface area contributed by atoms with Gasteiger partial charge in [-0.3, -0.25) is 4.79 Å². The molecule has 1 aliphatic heterocycles. The Balaban J connectivity index is 2.52. The summed E-state index contributed by atoms with van der Waals surface area (Å²) in [5, 5.41) is 2.61. The van der Waals surface area contributed by atoms with Crippen LogP contribution in [0.5, 0.6) is 0 Å². The summed E-state index contributed by atoms with van der Waals surface area (Å²) >= 11 is 0. The minimum atomic E-state index is -0.518. The first-order valence-electron chi connectivity index (χ1n) is 6.53. The van der Waals surface area contributed by atoms with Crippen LogP contribution in [0, 0.1) is 12.3 Å². The highest BCUT2D eigenvalue weighted by Crippen LogP contribution is 2.22. The molecule has 0 aromatic rings. The van der Waals surface area contributed by atoms with Gasteiger partial charge in [0.15, 0.2) is 0 Å². The lowest BCUT2D eigenvalue weighted by Gasteiger charge is -2.28. The third kappa shape index (κ3) is 5.21. The largest absolute Gasteiger partial charge is 0.444 e. The predicted molar refractivity (Wildman–Crippen MR) is 72.4 cm³/mol. The molecular formula is C14H22N2O3. The van der Waals surface area contributed by atoms with E-state index in [1.165, 1.54) is 0 Å². The van der Waals surface area contributed by atoms with E-state index < -0.39 is 5.60 Å². The van der Waals surface area contributed by atoms with Crippen LogP contribution in [0.1, 0.15) is 40.0 Å². The average Bonchev–Trinajstić information content (AvgIpc) is 2.72. The molecule has 0 aromatic heterocycles. The van der Waals surface area contributed by atoms with Gasteiger partial charge < -0.3 is 15.0 Å². The molecule has 106 valence electrons. The standard InChI is InChI=1S/C14H22N2O3/c1-5-8-15-12(17)10-11-7-6-9-16(11)13(18)19-14(2,3)4/h1,11H,6-10H2,2-4H3,(H,15,17)/t11-/m1/s1. The molecule has 0 aromatic carbocycles. The van der Waals surface area contributed by atoms with E-state index in [0.717, 1.165) is 12.8 Å². The number of terminal acetylenes is 1. The number of nitrogens with one attached hydrogen (secondary N) is 1. The molecule has 19 heavy (non-hydrogen) atoms. The van der Waals surface area contributed by atoms with Crippen molar-refractivity contribution in [2.24, 2.45) is 0 Å². The number of likely N-dealkylation sites (tertiary alicyclic amines) is 1. The van der Waals surface area contributed by atoms with Gasteiger partial charge in [0, 0.05) is 19.0 Å². The molecule has 1 atom stereocenters. The van der Waals surface area contributed by atoms with Gasteiger partial charge in [-0.05, 0) is 33.6 Å². The minimum Gasteiger partial charge on any atom is -0.444 e. The third-order valence-corrected chi connectivity index (χ3v) is 2.81. The molecular weight excluding hydrogens is 244 g/mol. The molecule has 1 fully saturated rings. The van der Waals surface area contributed by atoms with E-state index in [4.69, 9.17) is 11.2 Å². The molecule has 0 spiro atoms. The second kappa shape index (κ2) is 6.46. The molecule has 5 heteroatoms. The smallest absolute Gasteiger partial charge is 0.410 e. The summed E-state index contributed by atoms with van der Waals surface area (Å²) in [7, 11) is 0. The highest BCUT2D eigenvalue weighted by atomic mass is 16.6. The van der Waals surface area contributed by atoms with Crippen molar-refractivity contribution in [3.8, 4) is 12.3 Å². The van der Waals surface area contributed by atoms with E-state index >= 15 is 0 Å². The van der Waals surface area contributed by atoms with Gasteiger partial charge in [0.25, 0.3) is 0 Å². The Morgan fingerprint density at radius 1 is 1.47 bits per heavy atom. The number of carbonyl (C=O) groups is 2. The second-order valence-corrected chi connectivity index (χ2v) is 5.65. The molecule has 0 unspecified atom stereocenters. The predicted octanol–water partition coefficient (Wildman–Crippen LogP) is 1.53. The number of hydrogen-bond acceptors (Lipinski definition) is 3. The van der Waals surface area contributed by atoms with Gasteiger partial charge in [0.2, 0.25) is 5.91 Å². The molecule has 0 saturated carbocycles. The highest BCUT2D eigenvalue weighted by Gasteiger charge is 2.33. The molecule has 0 aliphatic carbocycles. The van der Waals surface area contributed by atoms with Crippen molar-refractivity contribution in [3.05, 3.63) is 0 Å². The van der Waals surface area contributed by atoms with Crippen molar-refractivity contribution in [1.29, 1.82) is 0 Å². The molecule has 2 amide bonds. The van der Waals surface area contributed by atoms with Gasteiger partial charge in [0.1, 0.15) is 5.60 Å². The Labute approximate surface area is 114 Å². The van der Waals surface area contributed by atoms with Crippen molar-refractivity contribution in [1.82, 2.24) is 10.2 Å². The first-order valence-corrected chi connectivity index (χ1v) is 6.53. The second-order valence-electron chi connectivity index (χ2n) is 5.65. The quantitative estimate of drug-likeness (QED) is 0.788. The fourth-order valence-electron chi connectivity index (χ4n) is 2.04. The minimum absolute atomic E-state index is 0.0902. The molecule has 1 rings (SSSR count). The number of rotatable bonds is 3. The van der Waals surface area contributed by atoms with E-state index in [0.29, 0.717) is 6.54 Å². The molecule has 1 N–H and O–H groups in total. The highest BCUT2D eigenvalue weighted by molar-refractivity contribution is 5.78. The van der Waals surface area contributed by atoms with Crippen LogP contribution < -0.4 is 5.32 Å². The molecule has 1 saturated heterocycles. The zero-order valence-corrected chi connectivity index (χ0v) is 11.9. The molecule has 1 heterocycles. The normalized spacial score (nSPS) is 18.8. The molecule has 5 nitrogen and oxygen atoms in total. The van der Waals surface area contributed by atoms with Gasteiger partial charge in [-0.15, -0.1) is 6.42 Å². The fraction of sp³-hybridized carbons (Fsp3) is 0.714. The fourth-order valence-corrected chi connectivity index (χ4v) is 2.04. The van der Waals surface area contributed by atoms with E-state index in [-0.39, 0.29) is 31.0 Å². The van der Waals surface area contributed by atoms with Gasteiger partial charge in [0.05, 0.1) is 6.54 Å². The van der Waals surface area contributed by atoms with E-state index in [1.807, 2.05) is 20.8 Å². The van der Waals surface area contributed by atoms with Crippen molar-refractivity contribution in [2.45, 2.75) is 51.7 Å². The van der Waals surface area contributed by atoms with Crippen LogP contribution in [0.25, 0.3) is 0 Å². The molecule has 1 aliphatic rings. The lowest BCUT2D eigenvalue weighted by atomic mass is 10.1. The average molecular weight is 266 g/mol. The Hall–Kier alpha value is -1.70. The first kappa shape index (κ1) is 15.4. The van der Waals surface area contributed by atoms with E-state index in [9.17, 15) is 9.59 Å². The Kier molecular flexibility index (Phi) is 5.22. The monoisotopic (exact) mass is 266 g/mol. The number of ether oxygens (including phenoxy) is 1. The lowest BCUT2D eigenvalue weighted by molar-refractivity contribution is -0.121. The first-order chi connectivity index (χ1) is 8.83. The summed E-state index contributed by atoms with van der Waals surface area (Å²) in [6, 6.07) is -0.0902. The third-order valence-electron chi connectivity index (χ3n) is 2.81. The topological polar surface area (TPSA) is 58.6 Å². The Bertz CT molecular complexity index is 379. The summed E-state index contributed by atoms with van der Waals surface area (Å²) in [6.07, 6.45) is 6.73. The van der Waals surface area contributed by atoms with Crippen molar-refractivity contribution < 1.29 is 14.3 Å². The van der Waals surface area contributed by atoms with Crippen LogP contribution in [0.2, 0.25) is 0 Å². The van der Waals surface area contributed by atoms with Crippen molar-refractivity contribution in [3.63, 3.8) is 0 Å². The molecule has 0 bridgehead atoms. The van der Waals surface area contributed by atoms with Gasteiger partial charge in [-0.2, -0.15) is 0 Å². The van der Waals surface area contributed by atoms with Crippen LogP contribution in [0.3, 0.4) is 0 Å². The summed E-state index contributed by atoms with van der Waals surface area (Å²) in [4.78, 5) is 25.3. The van der Waals surface area contributed by atoms with Crippen molar-refractivity contribution >= 4 is 12.0 Å². The summed E-state index contributed by atoms with van der Waals surface area (Å²) < 4.78 is 5.34. The zero-order valence-electron chi connectivity index (χ0n) is 11.9. The van der Waals surface area contributed by atoms with Crippen LogP contribution in [0.15, 0.2) is 0 Å². The van der Waals surface area contributed by atoms with Crippen LogP contribution in [-0.2, 0) is 9.53 Å². The maximum Gasteiger partial charge on any atom is 0.410 e. The number of carbonyl (C=O) groups excluding carboxylic acids is 2. The maximum atomic E-state index is 12.0. The Morgan fingerprint density at radius 2 is 2.16 bits per heavy atom. The number of nitrogens with zero attached hydrogens (tertiary/aromatic N) is 1. The van der Waals surface area contributed by atoms with Crippen LogP contribution in [-0.4, -0.2) is 41.6 Å². The van der Waals surface area contributed by atoms with E-state index in [2.05, 4.69) is 11.2 Å². The van der Waals surface area contributed by atoms with Gasteiger partial charge in [-0.1, -0.05) is 5.92 Å². The van der Waals surface area contributed by atoms with Gasteiger partial charge >= 0.3 is 6.09 Å². The van der Waals surface area contributed by atoms with Crippen LogP contribution in [0.4, 0.5) is 4.79 Å². The van der Waals surface area contributed by atoms with Crippen LogP contribution >= 0.6 is 0 Å². The van der Waals surface area contributed by atoms with Crippen molar-refractivity contribution in [2.75, 3.05) is 13.1 Å². The SMILES string of the molecule is C#CCNC(=O)C[C@H]1CCCN1C(=O)OC(C)(C)C.